The molecule has 3 N–H and O–H groups in total. The second-order valence-electron chi connectivity index (χ2n) is 5.89. The Bertz CT molecular complexity index is 708. The number of rotatable bonds is 4. The monoisotopic (exact) mass is 371 g/mol. The van der Waals surface area contributed by atoms with Gasteiger partial charge in [-0.2, -0.15) is 9.97 Å². The molecule has 1 heterocycles. The SMILES string of the molecule is Cc1ccc(-c2nc(NCC3(N)CC3)nc(C(Cl)(Cl)Cl)n2)cc1. The van der Waals surface area contributed by atoms with Gasteiger partial charge < -0.3 is 11.1 Å². The number of alkyl halides is 3. The molecular formula is C15H16Cl3N5. The van der Waals surface area contributed by atoms with Crippen LogP contribution in [0.5, 0.6) is 0 Å². The van der Waals surface area contributed by atoms with Crippen molar-refractivity contribution in [3.63, 3.8) is 0 Å². The predicted molar refractivity (Wildman–Crippen MR) is 93.9 cm³/mol. The van der Waals surface area contributed by atoms with Crippen LogP contribution >= 0.6 is 34.8 Å². The average molecular weight is 373 g/mol. The quantitative estimate of drug-likeness (QED) is 0.802. The minimum Gasteiger partial charge on any atom is -0.352 e. The molecule has 2 aromatic rings. The number of nitrogens with two attached hydrogens (primary N) is 1. The molecule has 1 fully saturated rings. The molecule has 8 heteroatoms. The summed E-state index contributed by atoms with van der Waals surface area (Å²) in [7, 11) is 0. The smallest absolute Gasteiger partial charge is 0.250 e. The van der Waals surface area contributed by atoms with Gasteiger partial charge in [-0.05, 0) is 19.8 Å². The number of anilines is 1. The van der Waals surface area contributed by atoms with E-state index in [4.69, 9.17) is 40.5 Å². The highest BCUT2D eigenvalue weighted by molar-refractivity contribution is 6.66. The van der Waals surface area contributed by atoms with Gasteiger partial charge in [-0.25, -0.2) is 4.98 Å². The summed E-state index contributed by atoms with van der Waals surface area (Å²) in [5, 5.41) is 3.12. The van der Waals surface area contributed by atoms with E-state index in [1.807, 2.05) is 31.2 Å². The van der Waals surface area contributed by atoms with E-state index < -0.39 is 3.79 Å². The van der Waals surface area contributed by atoms with Crippen LogP contribution in [0.4, 0.5) is 5.95 Å². The third kappa shape index (κ3) is 4.23. The lowest BCUT2D eigenvalue weighted by molar-refractivity contribution is 0.706. The molecule has 5 nitrogen and oxygen atoms in total. The zero-order valence-electron chi connectivity index (χ0n) is 12.5. The number of aromatic nitrogens is 3. The van der Waals surface area contributed by atoms with Crippen LogP contribution in [0, 0.1) is 6.92 Å². The maximum atomic E-state index is 6.07. The fraction of sp³-hybridized carbons (Fsp3) is 0.400. The van der Waals surface area contributed by atoms with Crippen molar-refractivity contribution < 1.29 is 0 Å². The van der Waals surface area contributed by atoms with Gasteiger partial charge >= 0.3 is 0 Å². The second kappa shape index (κ2) is 6.06. The zero-order chi connectivity index (χ0) is 16.7. The lowest BCUT2D eigenvalue weighted by atomic mass is 10.1. The minimum atomic E-state index is -1.72. The van der Waals surface area contributed by atoms with E-state index in [1.165, 1.54) is 0 Å². The highest BCUT2D eigenvalue weighted by Gasteiger charge is 2.38. The van der Waals surface area contributed by atoms with E-state index in [2.05, 4.69) is 20.3 Å². The molecule has 0 bridgehead atoms. The fourth-order valence-electron chi connectivity index (χ4n) is 2.01. The van der Waals surface area contributed by atoms with Gasteiger partial charge in [0.15, 0.2) is 11.6 Å². The summed E-state index contributed by atoms with van der Waals surface area (Å²) in [4.78, 5) is 12.9. The number of benzene rings is 1. The highest BCUT2D eigenvalue weighted by Crippen LogP contribution is 2.37. The summed E-state index contributed by atoms with van der Waals surface area (Å²) in [6.07, 6.45) is 1.96. The van der Waals surface area contributed by atoms with Gasteiger partial charge in [0.2, 0.25) is 9.74 Å². The van der Waals surface area contributed by atoms with Crippen molar-refractivity contribution in [2.75, 3.05) is 11.9 Å². The first-order chi connectivity index (χ1) is 10.8. The molecule has 0 aliphatic heterocycles. The predicted octanol–water partition coefficient (Wildman–Crippen LogP) is 3.58. The van der Waals surface area contributed by atoms with Crippen molar-refractivity contribution >= 4 is 40.8 Å². The molecule has 23 heavy (non-hydrogen) atoms. The second-order valence-corrected chi connectivity index (χ2v) is 8.17. The van der Waals surface area contributed by atoms with Crippen LogP contribution in [-0.2, 0) is 3.79 Å². The van der Waals surface area contributed by atoms with Gasteiger partial charge in [0, 0.05) is 17.6 Å². The van der Waals surface area contributed by atoms with Crippen molar-refractivity contribution in [2.45, 2.75) is 29.1 Å². The molecule has 0 amide bonds. The summed E-state index contributed by atoms with van der Waals surface area (Å²) < 4.78 is -1.72. The summed E-state index contributed by atoms with van der Waals surface area (Å²) in [5.41, 5.74) is 7.85. The Balaban J connectivity index is 1.95. The average Bonchev–Trinajstić information content (AvgIpc) is 3.23. The maximum absolute atomic E-state index is 6.07. The first-order valence-corrected chi connectivity index (χ1v) is 8.32. The molecular weight excluding hydrogens is 357 g/mol. The number of hydrogen-bond acceptors (Lipinski definition) is 5. The van der Waals surface area contributed by atoms with Gasteiger partial charge in [0.25, 0.3) is 0 Å². The number of halogens is 3. The van der Waals surface area contributed by atoms with Crippen LogP contribution in [0.3, 0.4) is 0 Å². The Kier molecular flexibility index (Phi) is 4.40. The van der Waals surface area contributed by atoms with E-state index in [0.717, 1.165) is 24.0 Å². The van der Waals surface area contributed by atoms with Crippen molar-refractivity contribution in [3.8, 4) is 11.4 Å². The van der Waals surface area contributed by atoms with Crippen LogP contribution < -0.4 is 11.1 Å². The van der Waals surface area contributed by atoms with Crippen LogP contribution in [0.25, 0.3) is 11.4 Å². The van der Waals surface area contributed by atoms with Crippen LogP contribution in [0.15, 0.2) is 24.3 Å². The fourth-order valence-corrected chi connectivity index (χ4v) is 2.26. The molecule has 0 spiro atoms. The lowest BCUT2D eigenvalue weighted by Crippen LogP contribution is -2.31. The molecule has 1 aromatic carbocycles. The number of hydrogen-bond donors (Lipinski definition) is 2. The van der Waals surface area contributed by atoms with Crippen LogP contribution in [0.2, 0.25) is 0 Å². The molecule has 1 aliphatic rings. The van der Waals surface area contributed by atoms with E-state index in [0.29, 0.717) is 18.3 Å². The summed E-state index contributed by atoms with van der Waals surface area (Å²) in [6.45, 7) is 2.58. The Morgan fingerprint density at radius 2 is 1.78 bits per heavy atom. The van der Waals surface area contributed by atoms with Crippen LogP contribution in [0.1, 0.15) is 24.2 Å². The van der Waals surface area contributed by atoms with Gasteiger partial charge in [-0.1, -0.05) is 64.6 Å². The highest BCUT2D eigenvalue weighted by atomic mass is 35.6. The third-order valence-corrected chi connectivity index (χ3v) is 4.20. The molecule has 0 radical (unpaired) electrons. The van der Waals surface area contributed by atoms with Gasteiger partial charge in [-0.15, -0.1) is 0 Å². The Morgan fingerprint density at radius 1 is 1.13 bits per heavy atom. The molecule has 3 rings (SSSR count). The number of aryl methyl sites for hydroxylation is 1. The summed E-state index contributed by atoms with van der Waals surface area (Å²) >= 11 is 17.8. The minimum absolute atomic E-state index is 0.0810. The molecule has 122 valence electrons. The molecule has 0 atom stereocenters. The van der Waals surface area contributed by atoms with Crippen LogP contribution in [-0.4, -0.2) is 27.0 Å². The summed E-state index contributed by atoms with van der Waals surface area (Å²) in [6, 6.07) is 7.78. The summed E-state index contributed by atoms with van der Waals surface area (Å²) in [5.74, 6) is 0.886. The van der Waals surface area contributed by atoms with E-state index in [-0.39, 0.29) is 11.4 Å². The number of nitrogens with zero attached hydrogens (tertiary/aromatic N) is 3. The molecule has 1 saturated carbocycles. The Morgan fingerprint density at radius 3 is 2.35 bits per heavy atom. The molecule has 0 saturated heterocycles. The standard InChI is InChI=1S/C15H16Cl3N5/c1-9-2-4-10(5-3-9)11-21-12(15(16,17)18)23-13(22-11)20-8-14(19)6-7-14/h2-5H,6-8,19H2,1H3,(H,20,21,22,23). The first kappa shape index (κ1) is 16.7. The Labute approximate surface area is 149 Å². The Hall–Kier alpha value is -1.14. The van der Waals surface area contributed by atoms with Crippen molar-refractivity contribution in [1.29, 1.82) is 0 Å². The number of nitrogens with one attached hydrogen (secondary N) is 1. The van der Waals surface area contributed by atoms with Crippen molar-refractivity contribution in [2.24, 2.45) is 5.73 Å². The van der Waals surface area contributed by atoms with Gasteiger partial charge in [-0.3, -0.25) is 0 Å². The van der Waals surface area contributed by atoms with Crippen molar-refractivity contribution in [1.82, 2.24) is 15.0 Å². The lowest BCUT2D eigenvalue weighted by Gasteiger charge is -2.15. The van der Waals surface area contributed by atoms with Gasteiger partial charge in [0.05, 0.1) is 0 Å². The zero-order valence-corrected chi connectivity index (χ0v) is 14.8. The third-order valence-electron chi connectivity index (χ3n) is 3.69. The molecule has 1 aliphatic carbocycles. The van der Waals surface area contributed by atoms with E-state index in [9.17, 15) is 0 Å². The van der Waals surface area contributed by atoms with E-state index in [1.54, 1.807) is 0 Å². The normalized spacial score (nSPS) is 16.2. The van der Waals surface area contributed by atoms with Gasteiger partial charge in [0.1, 0.15) is 0 Å². The van der Waals surface area contributed by atoms with E-state index >= 15 is 0 Å². The largest absolute Gasteiger partial charge is 0.352 e. The topological polar surface area (TPSA) is 76.7 Å². The molecule has 1 aromatic heterocycles. The first-order valence-electron chi connectivity index (χ1n) is 7.18. The van der Waals surface area contributed by atoms with Crippen molar-refractivity contribution in [3.05, 3.63) is 35.7 Å². The maximum Gasteiger partial charge on any atom is 0.250 e. The molecule has 0 unspecified atom stereocenters.